The van der Waals surface area contributed by atoms with Crippen LogP contribution in [-0.4, -0.2) is 23.3 Å². The van der Waals surface area contributed by atoms with Crippen LogP contribution in [-0.2, 0) is 13.0 Å². The Kier molecular flexibility index (Phi) is 3.74. The molecule has 4 nitrogen and oxygen atoms in total. The molecule has 1 aromatic heterocycles. The van der Waals surface area contributed by atoms with Crippen molar-refractivity contribution in [3.63, 3.8) is 0 Å². The van der Waals surface area contributed by atoms with Gasteiger partial charge in [-0.15, -0.1) is 0 Å². The molecular formula is C16H21N3O. The van der Waals surface area contributed by atoms with E-state index in [0.717, 1.165) is 43.3 Å². The second kappa shape index (κ2) is 5.67. The minimum absolute atomic E-state index is 0.539. The third-order valence-electron chi connectivity index (χ3n) is 3.97. The van der Waals surface area contributed by atoms with Gasteiger partial charge in [0.2, 0.25) is 0 Å². The van der Waals surface area contributed by atoms with Crippen LogP contribution in [0.5, 0.6) is 5.75 Å². The molecule has 0 saturated carbocycles. The standard InChI is InChI=1S/C16H21N3O/c1-11-15(12(2)19-18-11)9-17-8-13-7-14-5-3-4-6-16(14)20-10-13/h3-6,13,17H,7-10H2,1-2H3,(H,18,19)/t13-/m1/s1. The third-order valence-corrected chi connectivity index (χ3v) is 3.97. The summed E-state index contributed by atoms with van der Waals surface area (Å²) < 4.78 is 5.81. The summed E-state index contributed by atoms with van der Waals surface area (Å²) in [5.74, 6) is 1.59. The number of aromatic amines is 1. The van der Waals surface area contributed by atoms with Crippen molar-refractivity contribution < 1.29 is 4.74 Å². The Morgan fingerprint density at radius 3 is 3.00 bits per heavy atom. The van der Waals surface area contributed by atoms with Crippen molar-refractivity contribution in [3.05, 3.63) is 46.8 Å². The Morgan fingerprint density at radius 2 is 2.20 bits per heavy atom. The van der Waals surface area contributed by atoms with Crippen molar-refractivity contribution in [2.75, 3.05) is 13.2 Å². The van der Waals surface area contributed by atoms with Gasteiger partial charge < -0.3 is 10.1 Å². The number of aromatic nitrogens is 2. The molecule has 0 radical (unpaired) electrons. The van der Waals surface area contributed by atoms with Gasteiger partial charge in [-0.05, 0) is 31.9 Å². The Hall–Kier alpha value is -1.81. The highest BCUT2D eigenvalue weighted by atomic mass is 16.5. The van der Waals surface area contributed by atoms with Gasteiger partial charge in [0.25, 0.3) is 0 Å². The number of rotatable bonds is 4. The minimum Gasteiger partial charge on any atom is -0.493 e. The van der Waals surface area contributed by atoms with Crippen LogP contribution >= 0.6 is 0 Å². The lowest BCUT2D eigenvalue weighted by Crippen LogP contribution is -2.31. The number of H-pyrrole nitrogens is 1. The molecular weight excluding hydrogens is 250 g/mol. The molecule has 2 heterocycles. The molecule has 106 valence electrons. The summed E-state index contributed by atoms with van der Waals surface area (Å²) >= 11 is 0. The first-order valence-corrected chi connectivity index (χ1v) is 7.16. The quantitative estimate of drug-likeness (QED) is 0.897. The van der Waals surface area contributed by atoms with Crippen LogP contribution in [0.25, 0.3) is 0 Å². The Morgan fingerprint density at radius 1 is 1.35 bits per heavy atom. The van der Waals surface area contributed by atoms with E-state index >= 15 is 0 Å². The molecule has 1 aliphatic heterocycles. The summed E-state index contributed by atoms with van der Waals surface area (Å²) in [5.41, 5.74) is 4.84. The second-order valence-corrected chi connectivity index (χ2v) is 5.53. The third kappa shape index (κ3) is 2.70. The van der Waals surface area contributed by atoms with Crippen molar-refractivity contribution in [2.45, 2.75) is 26.8 Å². The molecule has 2 aromatic rings. The zero-order valence-corrected chi connectivity index (χ0v) is 12.1. The number of para-hydroxylation sites is 1. The fourth-order valence-corrected chi connectivity index (χ4v) is 2.76. The lowest BCUT2D eigenvalue weighted by molar-refractivity contribution is 0.218. The number of hydrogen-bond donors (Lipinski definition) is 2. The zero-order valence-electron chi connectivity index (χ0n) is 12.1. The molecule has 1 aliphatic rings. The van der Waals surface area contributed by atoms with Gasteiger partial charge >= 0.3 is 0 Å². The summed E-state index contributed by atoms with van der Waals surface area (Å²) in [5, 5.41) is 10.8. The van der Waals surface area contributed by atoms with Gasteiger partial charge in [-0.2, -0.15) is 5.10 Å². The van der Waals surface area contributed by atoms with E-state index < -0.39 is 0 Å². The number of aryl methyl sites for hydroxylation is 2. The Balaban J connectivity index is 1.53. The molecule has 0 spiro atoms. The first kappa shape index (κ1) is 13.2. The van der Waals surface area contributed by atoms with Crippen molar-refractivity contribution in [3.8, 4) is 5.75 Å². The molecule has 0 amide bonds. The molecule has 0 bridgehead atoms. The average Bonchev–Trinajstić information content (AvgIpc) is 2.79. The summed E-state index contributed by atoms with van der Waals surface area (Å²) in [6.45, 7) is 6.75. The minimum atomic E-state index is 0.539. The van der Waals surface area contributed by atoms with Crippen LogP contribution in [0.15, 0.2) is 24.3 Å². The van der Waals surface area contributed by atoms with Crippen LogP contribution in [0.2, 0.25) is 0 Å². The van der Waals surface area contributed by atoms with Gasteiger partial charge in [-0.1, -0.05) is 18.2 Å². The predicted octanol–water partition coefficient (Wildman–Crippen LogP) is 2.37. The highest BCUT2D eigenvalue weighted by molar-refractivity contribution is 5.35. The SMILES string of the molecule is Cc1n[nH]c(C)c1CNC[C@@H]1COc2ccccc2C1. The fourth-order valence-electron chi connectivity index (χ4n) is 2.76. The molecule has 0 unspecified atom stereocenters. The summed E-state index contributed by atoms with van der Waals surface area (Å²) in [6.07, 6.45) is 1.09. The van der Waals surface area contributed by atoms with Crippen molar-refractivity contribution in [2.24, 2.45) is 5.92 Å². The van der Waals surface area contributed by atoms with E-state index in [1.165, 1.54) is 11.1 Å². The van der Waals surface area contributed by atoms with E-state index in [1.807, 2.05) is 13.0 Å². The molecule has 2 N–H and O–H groups in total. The molecule has 0 aliphatic carbocycles. The number of benzene rings is 1. The van der Waals surface area contributed by atoms with E-state index in [0.29, 0.717) is 5.92 Å². The first-order valence-electron chi connectivity index (χ1n) is 7.16. The second-order valence-electron chi connectivity index (χ2n) is 5.53. The van der Waals surface area contributed by atoms with Crippen LogP contribution in [0, 0.1) is 19.8 Å². The maximum Gasteiger partial charge on any atom is 0.122 e. The van der Waals surface area contributed by atoms with Crippen LogP contribution < -0.4 is 10.1 Å². The van der Waals surface area contributed by atoms with Gasteiger partial charge in [0.15, 0.2) is 0 Å². The van der Waals surface area contributed by atoms with Crippen molar-refractivity contribution in [1.82, 2.24) is 15.5 Å². The zero-order chi connectivity index (χ0) is 13.9. The molecule has 20 heavy (non-hydrogen) atoms. The Bertz CT molecular complexity index is 572. The van der Waals surface area contributed by atoms with Crippen molar-refractivity contribution >= 4 is 0 Å². The highest BCUT2D eigenvalue weighted by Gasteiger charge is 2.19. The van der Waals surface area contributed by atoms with Gasteiger partial charge in [-0.3, -0.25) is 5.10 Å². The van der Waals surface area contributed by atoms with E-state index in [-0.39, 0.29) is 0 Å². The topological polar surface area (TPSA) is 49.9 Å². The number of nitrogens with zero attached hydrogens (tertiary/aromatic N) is 1. The average molecular weight is 271 g/mol. The first-order chi connectivity index (χ1) is 9.74. The smallest absolute Gasteiger partial charge is 0.122 e. The molecule has 4 heteroatoms. The fraction of sp³-hybridized carbons (Fsp3) is 0.438. The number of nitrogens with one attached hydrogen (secondary N) is 2. The van der Waals surface area contributed by atoms with E-state index in [9.17, 15) is 0 Å². The van der Waals surface area contributed by atoms with E-state index in [4.69, 9.17) is 4.74 Å². The number of hydrogen-bond acceptors (Lipinski definition) is 3. The summed E-state index contributed by atoms with van der Waals surface area (Å²) in [4.78, 5) is 0. The highest BCUT2D eigenvalue weighted by Crippen LogP contribution is 2.26. The molecule has 1 aromatic carbocycles. The Labute approximate surface area is 119 Å². The molecule has 0 saturated heterocycles. The molecule has 0 fully saturated rings. The van der Waals surface area contributed by atoms with Crippen LogP contribution in [0.4, 0.5) is 0 Å². The number of ether oxygens (including phenoxy) is 1. The summed E-state index contributed by atoms with van der Waals surface area (Å²) in [7, 11) is 0. The normalized spacial score (nSPS) is 17.6. The monoisotopic (exact) mass is 271 g/mol. The van der Waals surface area contributed by atoms with Gasteiger partial charge in [0.1, 0.15) is 5.75 Å². The predicted molar refractivity (Wildman–Crippen MR) is 78.9 cm³/mol. The molecule has 3 rings (SSSR count). The van der Waals surface area contributed by atoms with Crippen molar-refractivity contribution in [1.29, 1.82) is 0 Å². The molecule has 1 atom stereocenters. The van der Waals surface area contributed by atoms with E-state index in [2.05, 4.69) is 40.6 Å². The van der Waals surface area contributed by atoms with Crippen LogP contribution in [0.3, 0.4) is 0 Å². The largest absolute Gasteiger partial charge is 0.493 e. The van der Waals surface area contributed by atoms with Gasteiger partial charge in [0.05, 0.1) is 12.3 Å². The van der Waals surface area contributed by atoms with E-state index in [1.54, 1.807) is 0 Å². The summed E-state index contributed by atoms with van der Waals surface area (Å²) in [6, 6.07) is 8.32. The van der Waals surface area contributed by atoms with Gasteiger partial charge in [-0.25, -0.2) is 0 Å². The van der Waals surface area contributed by atoms with Gasteiger partial charge in [0, 0.05) is 30.3 Å². The maximum absolute atomic E-state index is 5.81. The lowest BCUT2D eigenvalue weighted by Gasteiger charge is -2.25. The van der Waals surface area contributed by atoms with Crippen LogP contribution in [0.1, 0.15) is 22.5 Å². The number of fused-ring (bicyclic) bond motifs is 1. The maximum atomic E-state index is 5.81. The lowest BCUT2D eigenvalue weighted by atomic mass is 9.96.